The van der Waals surface area contributed by atoms with Crippen molar-refractivity contribution >= 4 is 33.7 Å². The van der Waals surface area contributed by atoms with Crippen LogP contribution in [0.25, 0.3) is 0 Å². The fourth-order valence-corrected chi connectivity index (χ4v) is 5.73. The molecule has 2 aliphatic rings. The number of methoxy groups -OCH3 is 1. The van der Waals surface area contributed by atoms with E-state index >= 15 is 0 Å². The standard InChI is InChI=1S/C15H15BrO2S/c1-18-14(17)15(19-12-5-3-2-4-6-12)11-8-7-10(9-11)13(15)16/h2-8,10-11,13H,9H2,1H3/t10-,11+,13+,15-/m0/s1. The zero-order chi connectivity index (χ0) is 13.5. The topological polar surface area (TPSA) is 26.3 Å². The Hall–Kier alpha value is -0.740. The normalized spacial score (nSPS) is 35.6. The van der Waals surface area contributed by atoms with E-state index in [0.29, 0.717) is 5.92 Å². The predicted molar refractivity (Wildman–Crippen MR) is 80.5 cm³/mol. The van der Waals surface area contributed by atoms with Gasteiger partial charge >= 0.3 is 5.97 Å². The zero-order valence-electron chi connectivity index (χ0n) is 10.6. The number of hydrogen-bond donors (Lipinski definition) is 0. The van der Waals surface area contributed by atoms with Crippen LogP contribution in [0.2, 0.25) is 0 Å². The molecule has 4 atom stereocenters. The van der Waals surface area contributed by atoms with Crippen molar-refractivity contribution in [2.75, 3.05) is 7.11 Å². The Kier molecular flexibility index (Phi) is 3.48. The number of carbonyl (C=O) groups excluding carboxylic acids is 1. The molecular weight excluding hydrogens is 324 g/mol. The van der Waals surface area contributed by atoms with E-state index in [9.17, 15) is 4.79 Å². The fraction of sp³-hybridized carbons (Fsp3) is 0.400. The Labute approximate surface area is 125 Å². The lowest BCUT2D eigenvalue weighted by molar-refractivity contribution is -0.144. The molecule has 0 spiro atoms. The number of halogens is 1. The van der Waals surface area contributed by atoms with E-state index in [4.69, 9.17) is 4.74 Å². The highest BCUT2D eigenvalue weighted by atomic mass is 79.9. The van der Waals surface area contributed by atoms with Gasteiger partial charge in [-0.25, -0.2) is 0 Å². The van der Waals surface area contributed by atoms with Gasteiger partial charge < -0.3 is 4.74 Å². The Morgan fingerprint density at radius 3 is 2.68 bits per heavy atom. The number of carbonyl (C=O) groups is 1. The van der Waals surface area contributed by atoms with Crippen molar-refractivity contribution in [1.29, 1.82) is 0 Å². The Balaban J connectivity index is 1.99. The van der Waals surface area contributed by atoms with Crippen LogP contribution in [0.1, 0.15) is 6.42 Å². The monoisotopic (exact) mass is 338 g/mol. The van der Waals surface area contributed by atoms with Gasteiger partial charge in [-0.3, -0.25) is 4.79 Å². The summed E-state index contributed by atoms with van der Waals surface area (Å²) in [6.07, 6.45) is 5.43. The SMILES string of the molecule is COC(=O)[C@]1(Sc2ccccc2)[C@@H]2C=C[C@@H](C2)[C@H]1Br. The van der Waals surface area contributed by atoms with Gasteiger partial charge in [0.1, 0.15) is 4.75 Å². The summed E-state index contributed by atoms with van der Waals surface area (Å²) < 4.78 is 4.58. The second-order valence-electron chi connectivity index (χ2n) is 4.99. The molecule has 0 aromatic heterocycles. The molecule has 0 N–H and O–H groups in total. The molecule has 0 radical (unpaired) electrons. The van der Waals surface area contributed by atoms with E-state index in [2.05, 4.69) is 28.1 Å². The maximum atomic E-state index is 12.4. The van der Waals surface area contributed by atoms with Gasteiger partial charge in [-0.1, -0.05) is 46.3 Å². The Morgan fingerprint density at radius 2 is 2.11 bits per heavy atom. The number of fused-ring (bicyclic) bond motifs is 2. The average molecular weight is 339 g/mol. The third-order valence-electron chi connectivity index (χ3n) is 3.99. The van der Waals surface area contributed by atoms with Gasteiger partial charge in [-0.2, -0.15) is 0 Å². The van der Waals surface area contributed by atoms with Crippen LogP contribution >= 0.6 is 27.7 Å². The molecule has 1 aromatic rings. The van der Waals surface area contributed by atoms with E-state index in [-0.39, 0.29) is 16.7 Å². The predicted octanol–water partition coefficient (Wildman–Crippen LogP) is 3.66. The first kappa shape index (κ1) is 13.3. The number of hydrogen-bond acceptors (Lipinski definition) is 3. The van der Waals surface area contributed by atoms with Crippen molar-refractivity contribution in [3.8, 4) is 0 Å². The van der Waals surface area contributed by atoms with Crippen molar-refractivity contribution in [2.45, 2.75) is 20.9 Å². The van der Waals surface area contributed by atoms with E-state index in [1.807, 2.05) is 30.3 Å². The summed E-state index contributed by atoms with van der Waals surface area (Å²) in [4.78, 5) is 13.7. The van der Waals surface area contributed by atoms with Crippen molar-refractivity contribution in [3.05, 3.63) is 42.5 Å². The Bertz CT molecular complexity index is 516. The van der Waals surface area contributed by atoms with Crippen LogP contribution in [0.5, 0.6) is 0 Å². The molecule has 0 heterocycles. The van der Waals surface area contributed by atoms with Gasteiger partial charge in [0.2, 0.25) is 0 Å². The number of esters is 1. The Morgan fingerprint density at radius 1 is 1.37 bits per heavy atom. The van der Waals surface area contributed by atoms with Crippen LogP contribution in [0, 0.1) is 11.8 Å². The highest BCUT2D eigenvalue weighted by molar-refractivity contribution is 9.09. The lowest BCUT2D eigenvalue weighted by Crippen LogP contribution is -2.47. The maximum absolute atomic E-state index is 12.4. The van der Waals surface area contributed by atoms with Crippen molar-refractivity contribution in [1.82, 2.24) is 0 Å². The van der Waals surface area contributed by atoms with E-state index in [0.717, 1.165) is 11.3 Å². The highest BCUT2D eigenvalue weighted by Gasteiger charge is 2.61. The number of rotatable bonds is 3. The quantitative estimate of drug-likeness (QED) is 0.478. The van der Waals surface area contributed by atoms with Crippen molar-refractivity contribution < 1.29 is 9.53 Å². The van der Waals surface area contributed by atoms with E-state index in [1.54, 1.807) is 11.8 Å². The van der Waals surface area contributed by atoms with Crippen LogP contribution in [0.3, 0.4) is 0 Å². The summed E-state index contributed by atoms with van der Waals surface area (Å²) in [5.41, 5.74) is 0. The molecule has 1 fully saturated rings. The van der Waals surface area contributed by atoms with Gasteiger partial charge in [0.05, 0.1) is 7.11 Å². The van der Waals surface area contributed by atoms with Gasteiger partial charge in [0.15, 0.2) is 0 Å². The third-order valence-corrected chi connectivity index (χ3v) is 7.26. The molecule has 1 aromatic carbocycles. The molecule has 0 saturated heterocycles. The van der Waals surface area contributed by atoms with Gasteiger partial charge in [-0.15, -0.1) is 11.8 Å². The summed E-state index contributed by atoms with van der Waals surface area (Å²) in [6.45, 7) is 0. The number of alkyl halides is 1. The first-order chi connectivity index (χ1) is 9.18. The molecule has 2 bridgehead atoms. The molecule has 1 saturated carbocycles. The van der Waals surface area contributed by atoms with E-state index in [1.165, 1.54) is 7.11 Å². The second kappa shape index (κ2) is 4.98. The van der Waals surface area contributed by atoms with Gasteiger partial charge in [-0.05, 0) is 24.5 Å². The van der Waals surface area contributed by atoms with Gasteiger partial charge in [0.25, 0.3) is 0 Å². The first-order valence-electron chi connectivity index (χ1n) is 6.33. The molecule has 0 amide bonds. The van der Waals surface area contributed by atoms with Gasteiger partial charge in [0, 0.05) is 15.6 Å². The van der Waals surface area contributed by atoms with Crippen LogP contribution in [-0.4, -0.2) is 22.7 Å². The third kappa shape index (κ3) is 1.96. The summed E-state index contributed by atoms with van der Waals surface area (Å²) in [6, 6.07) is 10.1. The van der Waals surface area contributed by atoms with Crippen LogP contribution in [0.15, 0.2) is 47.4 Å². The summed E-state index contributed by atoms with van der Waals surface area (Å²) in [5, 5.41) is 0. The molecule has 0 unspecified atom stereocenters. The largest absolute Gasteiger partial charge is 0.468 e. The molecule has 0 aliphatic heterocycles. The number of ether oxygens (including phenoxy) is 1. The maximum Gasteiger partial charge on any atom is 0.324 e. The second-order valence-corrected chi connectivity index (χ2v) is 7.33. The smallest absolute Gasteiger partial charge is 0.324 e. The number of allylic oxidation sites excluding steroid dienone is 2. The van der Waals surface area contributed by atoms with E-state index < -0.39 is 4.75 Å². The summed E-state index contributed by atoms with van der Waals surface area (Å²) in [7, 11) is 1.48. The van der Waals surface area contributed by atoms with Crippen molar-refractivity contribution in [3.63, 3.8) is 0 Å². The van der Waals surface area contributed by atoms with Crippen LogP contribution in [0.4, 0.5) is 0 Å². The molecule has 2 nitrogen and oxygen atoms in total. The lowest BCUT2D eigenvalue weighted by atomic mass is 9.92. The highest BCUT2D eigenvalue weighted by Crippen LogP contribution is 2.58. The van der Waals surface area contributed by atoms with Crippen LogP contribution in [-0.2, 0) is 9.53 Å². The minimum absolute atomic E-state index is 0.125. The molecule has 2 aliphatic carbocycles. The zero-order valence-corrected chi connectivity index (χ0v) is 13.0. The number of benzene rings is 1. The summed E-state index contributed by atoms with van der Waals surface area (Å²) in [5.74, 6) is 0.555. The number of thioether (sulfide) groups is 1. The fourth-order valence-electron chi connectivity index (χ4n) is 3.07. The molecular formula is C15H15BrO2S. The molecule has 3 rings (SSSR count). The lowest BCUT2D eigenvalue weighted by Gasteiger charge is -2.35. The molecule has 4 heteroatoms. The van der Waals surface area contributed by atoms with Crippen molar-refractivity contribution in [2.24, 2.45) is 11.8 Å². The minimum Gasteiger partial charge on any atom is -0.468 e. The average Bonchev–Trinajstić information content (AvgIpc) is 3.02. The minimum atomic E-state index is -0.532. The summed E-state index contributed by atoms with van der Waals surface area (Å²) >= 11 is 5.37. The molecule has 100 valence electrons. The van der Waals surface area contributed by atoms with Crippen LogP contribution < -0.4 is 0 Å². The first-order valence-corrected chi connectivity index (χ1v) is 8.06. The molecule has 19 heavy (non-hydrogen) atoms.